The van der Waals surface area contributed by atoms with Crippen molar-refractivity contribution in [2.45, 2.75) is 24.8 Å². The highest BCUT2D eigenvalue weighted by molar-refractivity contribution is 7.85. The van der Waals surface area contributed by atoms with E-state index in [4.69, 9.17) is 4.74 Å². The van der Waals surface area contributed by atoms with E-state index in [-0.39, 0.29) is 17.7 Å². The summed E-state index contributed by atoms with van der Waals surface area (Å²) in [6.07, 6.45) is 0. The first-order valence-electron chi connectivity index (χ1n) is 7.77. The van der Waals surface area contributed by atoms with Gasteiger partial charge in [-0.3, -0.25) is 9.00 Å². The van der Waals surface area contributed by atoms with Crippen molar-refractivity contribution in [1.82, 2.24) is 4.90 Å². The fourth-order valence-corrected chi connectivity index (χ4v) is 3.63. The van der Waals surface area contributed by atoms with Gasteiger partial charge in [0.15, 0.2) is 0 Å². The number of para-hydroxylation sites is 1. The summed E-state index contributed by atoms with van der Waals surface area (Å²) in [7, 11) is 1.99. The van der Waals surface area contributed by atoms with Crippen molar-refractivity contribution in [2.75, 3.05) is 19.9 Å². The lowest BCUT2D eigenvalue weighted by molar-refractivity contribution is -0.129. The quantitative estimate of drug-likeness (QED) is 0.807. The minimum Gasteiger partial charge on any atom is -0.496 e. The van der Waals surface area contributed by atoms with Crippen LogP contribution in [-0.2, 0) is 15.6 Å². The predicted octanol–water partition coefficient (Wildman–Crippen LogP) is 3.33. The number of carbonyl (C=O) groups is 1. The minimum absolute atomic E-state index is 0.0283. The van der Waals surface area contributed by atoms with Gasteiger partial charge in [-0.2, -0.15) is 0 Å². The highest BCUT2D eigenvalue weighted by atomic mass is 32.2. The fourth-order valence-electron chi connectivity index (χ4n) is 2.49. The summed E-state index contributed by atoms with van der Waals surface area (Å²) in [4.78, 5) is 14.8. The number of amides is 1. The molecule has 5 heteroatoms. The van der Waals surface area contributed by atoms with E-state index in [1.165, 1.54) is 0 Å². The molecule has 0 fully saturated rings. The molecule has 2 aromatic rings. The molecular formula is C19H23NO3S. The molecule has 2 rings (SSSR count). The summed E-state index contributed by atoms with van der Waals surface area (Å²) < 4.78 is 17.8. The van der Waals surface area contributed by atoms with E-state index in [2.05, 4.69) is 0 Å². The molecule has 0 aliphatic carbocycles. The van der Waals surface area contributed by atoms with Gasteiger partial charge in [-0.05, 0) is 37.6 Å². The van der Waals surface area contributed by atoms with E-state index in [1.807, 2.05) is 56.3 Å². The highest BCUT2D eigenvalue weighted by Gasteiger charge is 2.22. The number of hydrogen-bond donors (Lipinski definition) is 0. The van der Waals surface area contributed by atoms with Crippen molar-refractivity contribution in [3.63, 3.8) is 0 Å². The van der Waals surface area contributed by atoms with E-state index >= 15 is 0 Å². The number of hydrogen-bond acceptors (Lipinski definition) is 3. The van der Waals surface area contributed by atoms with Gasteiger partial charge in [-0.25, -0.2) is 0 Å². The maximum Gasteiger partial charge on any atom is 0.235 e. The standard InChI is InChI=1S/C19H23NO3S/c1-14-8-7-9-16(12-14)24(22)13-19(21)20(3)15(2)17-10-5-6-11-18(17)23-4/h5-12,15H,13H2,1-4H3. The van der Waals surface area contributed by atoms with Crippen LogP contribution in [0, 0.1) is 6.92 Å². The maximum absolute atomic E-state index is 12.5. The molecule has 24 heavy (non-hydrogen) atoms. The normalized spacial score (nSPS) is 13.2. The number of methoxy groups -OCH3 is 1. The summed E-state index contributed by atoms with van der Waals surface area (Å²) in [6, 6.07) is 14.9. The molecule has 0 spiro atoms. The molecule has 1 amide bonds. The van der Waals surface area contributed by atoms with Crippen LogP contribution in [0.15, 0.2) is 53.4 Å². The molecule has 2 aromatic carbocycles. The van der Waals surface area contributed by atoms with Crippen LogP contribution in [0.4, 0.5) is 0 Å². The van der Waals surface area contributed by atoms with Crippen LogP contribution in [0.3, 0.4) is 0 Å². The average molecular weight is 345 g/mol. The van der Waals surface area contributed by atoms with Gasteiger partial charge < -0.3 is 9.64 Å². The second-order valence-corrected chi connectivity index (χ2v) is 7.18. The van der Waals surface area contributed by atoms with Crippen LogP contribution in [-0.4, -0.2) is 34.9 Å². The molecule has 2 atom stereocenters. The molecule has 0 radical (unpaired) electrons. The van der Waals surface area contributed by atoms with Crippen LogP contribution in [0.25, 0.3) is 0 Å². The van der Waals surface area contributed by atoms with Crippen LogP contribution in [0.5, 0.6) is 5.75 Å². The Labute approximate surface area is 145 Å². The third-order valence-electron chi connectivity index (χ3n) is 4.07. The maximum atomic E-state index is 12.5. The topological polar surface area (TPSA) is 46.6 Å². The first kappa shape index (κ1) is 18.2. The molecule has 0 saturated carbocycles. The summed E-state index contributed by atoms with van der Waals surface area (Å²) in [5.74, 6) is 0.553. The number of ether oxygens (including phenoxy) is 1. The summed E-state index contributed by atoms with van der Waals surface area (Å²) in [5.41, 5.74) is 1.96. The van der Waals surface area contributed by atoms with Crippen LogP contribution >= 0.6 is 0 Å². The van der Waals surface area contributed by atoms with Crippen molar-refractivity contribution in [1.29, 1.82) is 0 Å². The van der Waals surface area contributed by atoms with Crippen molar-refractivity contribution in [2.24, 2.45) is 0 Å². The van der Waals surface area contributed by atoms with Crippen molar-refractivity contribution in [3.8, 4) is 5.75 Å². The van der Waals surface area contributed by atoms with E-state index in [0.29, 0.717) is 4.90 Å². The highest BCUT2D eigenvalue weighted by Crippen LogP contribution is 2.28. The Morgan fingerprint density at radius 2 is 1.92 bits per heavy atom. The molecule has 0 bridgehead atoms. The lowest BCUT2D eigenvalue weighted by atomic mass is 10.1. The Bertz CT molecular complexity index is 745. The lowest BCUT2D eigenvalue weighted by Gasteiger charge is -2.26. The first-order valence-corrected chi connectivity index (χ1v) is 9.09. The largest absolute Gasteiger partial charge is 0.496 e. The van der Waals surface area contributed by atoms with Gasteiger partial charge in [-0.15, -0.1) is 0 Å². The molecule has 0 saturated heterocycles. The molecule has 0 heterocycles. The Balaban J connectivity index is 2.10. The smallest absolute Gasteiger partial charge is 0.235 e. The van der Waals surface area contributed by atoms with E-state index in [0.717, 1.165) is 16.9 Å². The molecule has 4 nitrogen and oxygen atoms in total. The first-order chi connectivity index (χ1) is 11.4. The van der Waals surface area contributed by atoms with Gasteiger partial charge in [0.2, 0.25) is 5.91 Å². The van der Waals surface area contributed by atoms with Crippen LogP contribution < -0.4 is 4.74 Å². The zero-order valence-corrected chi connectivity index (χ0v) is 15.3. The Morgan fingerprint density at radius 1 is 1.21 bits per heavy atom. The van der Waals surface area contributed by atoms with E-state index in [1.54, 1.807) is 25.1 Å². The van der Waals surface area contributed by atoms with Gasteiger partial charge in [0.25, 0.3) is 0 Å². The third-order valence-corrected chi connectivity index (χ3v) is 5.36. The number of rotatable bonds is 6. The minimum atomic E-state index is -1.35. The third kappa shape index (κ3) is 4.23. The number of nitrogens with zero attached hydrogens (tertiary/aromatic N) is 1. The SMILES string of the molecule is COc1ccccc1C(C)N(C)C(=O)CS(=O)c1cccc(C)c1. The van der Waals surface area contributed by atoms with Crippen LogP contribution in [0.2, 0.25) is 0 Å². The molecule has 0 aliphatic rings. The summed E-state index contributed by atoms with van der Waals surface area (Å²) in [5, 5.41) is 0. The van der Waals surface area contributed by atoms with E-state index < -0.39 is 10.8 Å². The zero-order chi connectivity index (χ0) is 17.7. The molecular weight excluding hydrogens is 322 g/mol. The van der Waals surface area contributed by atoms with Gasteiger partial charge in [0.05, 0.1) is 24.0 Å². The second kappa shape index (κ2) is 8.11. The fraction of sp³-hybridized carbons (Fsp3) is 0.316. The predicted molar refractivity (Wildman–Crippen MR) is 96.6 cm³/mol. The van der Waals surface area contributed by atoms with Crippen LogP contribution in [0.1, 0.15) is 24.1 Å². The second-order valence-electron chi connectivity index (χ2n) is 5.73. The van der Waals surface area contributed by atoms with Crippen molar-refractivity contribution < 1.29 is 13.7 Å². The van der Waals surface area contributed by atoms with E-state index in [9.17, 15) is 9.00 Å². The monoisotopic (exact) mass is 345 g/mol. The number of aryl methyl sites for hydroxylation is 1. The average Bonchev–Trinajstić information content (AvgIpc) is 2.60. The number of carbonyl (C=O) groups excluding carboxylic acids is 1. The molecule has 2 unspecified atom stereocenters. The summed E-state index contributed by atoms with van der Waals surface area (Å²) in [6.45, 7) is 3.88. The Kier molecular flexibility index (Phi) is 6.15. The molecule has 0 N–H and O–H groups in total. The van der Waals surface area contributed by atoms with Gasteiger partial charge in [-0.1, -0.05) is 30.3 Å². The van der Waals surface area contributed by atoms with Gasteiger partial charge in [0.1, 0.15) is 11.5 Å². The van der Waals surface area contributed by atoms with Gasteiger partial charge in [0, 0.05) is 17.5 Å². The Morgan fingerprint density at radius 3 is 2.58 bits per heavy atom. The Hall–Kier alpha value is -2.14. The molecule has 0 aliphatic heterocycles. The van der Waals surface area contributed by atoms with Gasteiger partial charge >= 0.3 is 0 Å². The summed E-state index contributed by atoms with van der Waals surface area (Å²) >= 11 is 0. The molecule has 128 valence electrons. The van der Waals surface area contributed by atoms with Crippen molar-refractivity contribution in [3.05, 3.63) is 59.7 Å². The molecule has 0 aromatic heterocycles. The van der Waals surface area contributed by atoms with Crippen molar-refractivity contribution >= 4 is 16.7 Å². The number of benzene rings is 2. The lowest BCUT2D eigenvalue weighted by Crippen LogP contribution is -2.33. The zero-order valence-electron chi connectivity index (χ0n) is 14.5.